The van der Waals surface area contributed by atoms with Gasteiger partial charge in [-0.2, -0.15) is 13.2 Å². The van der Waals surface area contributed by atoms with Crippen molar-refractivity contribution in [3.63, 3.8) is 0 Å². The smallest absolute Gasteiger partial charge is 0.406 e. The van der Waals surface area contributed by atoms with E-state index >= 15 is 0 Å². The van der Waals surface area contributed by atoms with Gasteiger partial charge in [-0.05, 0) is 24.5 Å². The number of carbonyl (C=O) groups is 2. The molecule has 0 aliphatic heterocycles. The molecule has 1 aromatic rings. The molecule has 0 fully saturated rings. The third kappa shape index (κ3) is 6.71. The molecule has 1 aromatic carbocycles. The van der Waals surface area contributed by atoms with E-state index in [0.717, 1.165) is 4.90 Å². The molecule has 23 heavy (non-hydrogen) atoms. The van der Waals surface area contributed by atoms with E-state index in [9.17, 15) is 22.8 Å². The first-order valence-corrected chi connectivity index (χ1v) is 7.40. The van der Waals surface area contributed by atoms with E-state index < -0.39 is 24.6 Å². The standard InChI is InChI=1S/C16H20F3NO3/c1-2-3-10-20(11-16(17,18)19)14(21)9-8-12-6-4-5-7-13(12)15(22)23/h4-7H,2-3,8-11H2,1H3,(H,22,23). The molecular weight excluding hydrogens is 311 g/mol. The molecule has 1 amide bonds. The van der Waals surface area contributed by atoms with E-state index in [1.807, 2.05) is 6.92 Å². The van der Waals surface area contributed by atoms with Crippen LogP contribution in [0.15, 0.2) is 24.3 Å². The summed E-state index contributed by atoms with van der Waals surface area (Å²) >= 11 is 0. The molecule has 4 nitrogen and oxygen atoms in total. The molecule has 1 N–H and O–H groups in total. The van der Waals surface area contributed by atoms with Crippen LogP contribution in [-0.4, -0.2) is 41.1 Å². The highest BCUT2D eigenvalue weighted by atomic mass is 19.4. The summed E-state index contributed by atoms with van der Waals surface area (Å²) in [4.78, 5) is 23.9. The average molecular weight is 331 g/mol. The van der Waals surface area contributed by atoms with Crippen LogP contribution in [-0.2, 0) is 11.2 Å². The number of benzene rings is 1. The molecule has 1 rings (SSSR count). The fraction of sp³-hybridized carbons (Fsp3) is 0.500. The van der Waals surface area contributed by atoms with Crippen LogP contribution in [0.2, 0.25) is 0 Å². The van der Waals surface area contributed by atoms with E-state index in [0.29, 0.717) is 18.4 Å². The van der Waals surface area contributed by atoms with E-state index in [1.54, 1.807) is 18.2 Å². The number of hydrogen-bond acceptors (Lipinski definition) is 2. The van der Waals surface area contributed by atoms with Gasteiger partial charge in [-0.3, -0.25) is 4.79 Å². The fourth-order valence-electron chi connectivity index (χ4n) is 2.20. The van der Waals surface area contributed by atoms with Gasteiger partial charge in [0.2, 0.25) is 5.91 Å². The number of unbranched alkanes of at least 4 members (excludes halogenated alkanes) is 1. The molecule has 0 atom stereocenters. The molecule has 128 valence electrons. The molecule has 0 heterocycles. The summed E-state index contributed by atoms with van der Waals surface area (Å²) in [5, 5.41) is 9.06. The Kier molecular flexibility index (Phi) is 7.06. The average Bonchev–Trinajstić information content (AvgIpc) is 2.48. The van der Waals surface area contributed by atoms with Crippen LogP contribution in [0.5, 0.6) is 0 Å². The number of carbonyl (C=O) groups excluding carboxylic acids is 1. The molecule has 0 unspecified atom stereocenters. The van der Waals surface area contributed by atoms with Gasteiger partial charge in [-0.15, -0.1) is 0 Å². The number of alkyl halides is 3. The first-order chi connectivity index (χ1) is 10.7. The Morgan fingerprint density at radius 2 is 1.87 bits per heavy atom. The summed E-state index contributed by atoms with van der Waals surface area (Å²) in [7, 11) is 0. The Bertz CT molecular complexity index is 544. The van der Waals surface area contributed by atoms with Crippen molar-refractivity contribution in [2.24, 2.45) is 0 Å². The normalized spacial score (nSPS) is 11.3. The van der Waals surface area contributed by atoms with E-state index in [-0.39, 0.29) is 24.9 Å². The molecule has 0 saturated carbocycles. The van der Waals surface area contributed by atoms with Gasteiger partial charge in [0, 0.05) is 13.0 Å². The van der Waals surface area contributed by atoms with Gasteiger partial charge in [0.25, 0.3) is 0 Å². The molecule has 0 spiro atoms. The van der Waals surface area contributed by atoms with Gasteiger partial charge in [0.05, 0.1) is 5.56 Å². The van der Waals surface area contributed by atoms with Gasteiger partial charge >= 0.3 is 12.1 Å². The molecule has 0 aliphatic carbocycles. The largest absolute Gasteiger partial charge is 0.478 e. The first kappa shape index (κ1) is 19.0. The summed E-state index contributed by atoms with van der Waals surface area (Å²) in [5.74, 6) is -1.73. The van der Waals surface area contributed by atoms with Crippen molar-refractivity contribution in [2.75, 3.05) is 13.1 Å². The second-order valence-electron chi connectivity index (χ2n) is 5.25. The molecule has 0 aromatic heterocycles. The molecule has 0 aliphatic rings. The van der Waals surface area contributed by atoms with Gasteiger partial charge in [0.15, 0.2) is 0 Å². The number of rotatable bonds is 8. The maximum atomic E-state index is 12.6. The number of carboxylic acid groups (broad SMARTS) is 1. The Labute approximate surface area is 132 Å². The van der Waals surface area contributed by atoms with Crippen LogP contribution in [0, 0.1) is 0 Å². The molecular formula is C16H20F3NO3. The predicted molar refractivity (Wildman–Crippen MR) is 79.3 cm³/mol. The Balaban J connectivity index is 2.73. The van der Waals surface area contributed by atoms with Crippen molar-refractivity contribution < 1.29 is 27.9 Å². The van der Waals surface area contributed by atoms with Crippen molar-refractivity contribution in [1.82, 2.24) is 4.90 Å². The third-order valence-corrected chi connectivity index (χ3v) is 3.36. The van der Waals surface area contributed by atoms with E-state index in [2.05, 4.69) is 0 Å². The van der Waals surface area contributed by atoms with E-state index in [4.69, 9.17) is 5.11 Å². The number of aromatic carboxylic acids is 1. The molecule has 7 heteroatoms. The highest BCUT2D eigenvalue weighted by Gasteiger charge is 2.32. The highest BCUT2D eigenvalue weighted by Crippen LogP contribution is 2.18. The topological polar surface area (TPSA) is 57.6 Å². The number of carboxylic acids is 1. The number of halogens is 3. The van der Waals surface area contributed by atoms with Crippen molar-refractivity contribution >= 4 is 11.9 Å². The number of aryl methyl sites for hydroxylation is 1. The van der Waals surface area contributed by atoms with Gasteiger partial charge < -0.3 is 10.0 Å². The van der Waals surface area contributed by atoms with Crippen molar-refractivity contribution in [3.05, 3.63) is 35.4 Å². The number of nitrogens with zero attached hydrogens (tertiary/aromatic N) is 1. The third-order valence-electron chi connectivity index (χ3n) is 3.36. The predicted octanol–water partition coefficient (Wildman–Crippen LogP) is 3.51. The molecule has 0 bridgehead atoms. The SMILES string of the molecule is CCCCN(CC(F)(F)F)C(=O)CCc1ccccc1C(=O)O. The van der Waals surface area contributed by atoms with Gasteiger partial charge in [-0.25, -0.2) is 4.79 Å². The fourth-order valence-corrected chi connectivity index (χ4v) is 2.20. The van der Waals surface area contributed by atoms with E-state index in [1.165, 1.54) is 6.07 Å². The van der Waals surface area contributed by atoms with Crippen molar-refractivity contribution in [2.45, 2.75) is 38.8 Å². The van der Waals surface area contributed by atoms with Crippen LogP contribution >= 0.6 is 0 Å². The minimum absolute atomic E-state index is 0.0510. The number of amides is 1. The summed E-state index contributed by atoms with van der Waals surface area (Å²) < 4.78 is 37.7. The monoisotopic (exact) mass is 331 g/mol. The zero-order valence-electron chi connectivity index (χ0n) is 12.9. The zero-order chi connectivity index (χ0) is 17.5. The summed E-state index contributed by atoms with van der Waals surface area (Å²) in [6.45, 7) is 0.612. The lowest BCUT2D eigenvalue weighted by atomic mass is 10.0. The zero-order valence-corrected chi connectivity index (χ0v) is 12.9. The molecule has 0 saturated heterocycles. The second-order valence-corrected chi connectivity index (χ2v) is 5.25. The lowest BCUT2D eigenvalue weighted by Gasteiger charge is -2.24. The Morgan fingerprint density at radius 1 is 1.22 bits per heavy atom. The second kappa shape index (κ2) is 8.55. The van der Waals surface area contributed by atoms with Gasteiger partial charge in [-0.1, -0.05) is 31.5 Å². The lowest BCUT2D eigenvalue weighted by molar-refractivity contribution is -0.161. The maximum absolute atomic E-state index is 12.6. The summed E-state index contributed by atoms with van der Waals surface area (Å²) in [5.41, 5.74) is 0.507. The number of hydrogen-bond donors (Lipinski definition) is 1. The lowest BCUT2D eigenvalue weighted by Crippen LogP contribution is -2.39. The minimum atomic E-state index is -4.44. The molecule has 0 radical (unpaired) electrons. The van der Waals surface area contributed by atoms with Crippen molar-refractivity contribution in [3.8, 4) is 0 Å². The summed E-state index contributed by atoms with van der Waals surface area (Å²) in [6.07, 6.45) is -3.31. The van der Waals surface area contributed by atoms with Crippen LogP contribution in [0.4, 0.5) is 13.2 Å². The quantitative estimate of drug-likeness (QED) is 0.793. The van der Waals surface area contributed by atoms with Crippen LogP contribution in [0.1, 0.15) is 42.1 Å². The Hall–Kier alpha value is -2.05. The van der Waals surface area contributed by atoms with Crippen LogP contribution in [0.25, 0.3) is 0 Å². The minimum Gasteiger partial charge on any atom is -0.478 e. The highest BCUT2D eigenvalue weighted by molar-refractivity contribution is 5.89. The van der Waals surface area contributed by atoms with Crippen LogP contribution < -0.4 is 0 Å². The Morgan fingerprint density at radius 3 is 2.43 bits per heavy atom. The van der Waals surface area contributed by atoms with Gasteiger partial charge in [0.1, 0.15) is 6.54 Å². The van der Waals surface area contributed by atoms with Crippen molar-refractivity contribution in [1.29, 1.82) is 0 Å². The summed E-state index contributed by atoms with van der Waals surface area (Å²) in [6, 6.07) is 6.17. The first-order valence-electron chi connectivity index (χ1n) is 7.40. The van der Waals surface area contributed by atoms with Crippen LogP contribution in [0.3, 0.4) is 0 Å². The maximum Gasteiger partial charge on any atom is 0.406 e.